The predicted octanol–water partition coefficient (Wildman–Crippen LogP) is 0.546. The van der Waals surface area contributed by atoms with Crippen molar-refractivity contribution in [3.8, 4) is 0 Å². The summed E-state index contributed by atoms with van der Waals surface area (Å²) in [6.45, 7) is 2.99. The van der Waals surface area contributed by atoms with E-state index in [2.05, 4.69) is 15.6 Å². The summed E-state index contributed by atoms with van der Waals surface area (Å²) in [5.41, 5.74) is 0. The molecule has 0 spiro atoms. The van der Waals surface area contributed by atoms with Gasteiger partial charge in [0.05, 0.1) is 12.7 Å². The first kappa shape index (κ1) is 9.68. The van der Waals surface area contributed by atoms with Gasteiger partial charge in [-0.15, -0.1) is 0 Å². The molecule has 0 bridgehead atoms. The molecule has 2 rings (SSSR count). The molecule has 1 aliphatic heterocycles. The molecule has 1 unspecified atom stereocenters. The maximum atomic E-state index is 5.58. The Labute approximate surface area is 84.1 Å². The van der Waals surface area contributed by atoms with Gasteiger partial charge < -0.3 is 15.1 Å². The molecule has 0 amide bonds. The fourth-order valence-corrected chi connectivity index (χ4v) is 1.83. The Balaban J connectivity index is 1.88. The zero-order valence-corrected chi connectivity index (χ0v) is 8.55. The van der Waals surface area contributed by atoms with E-state index in [9.17, 15) is 0 Å². The van der Waals surface area contributed by atoms with Crippen LogP contribution in [0.15, 0.2) is 10.6 Å². The molecule has 1 saturated heterocycles. The minimum absolute atomic E-state index is 0.705. The second kappa shape index (κ2) is 4.57. The Morgan fingerprint density at radius 3 is 3.36 bits per heavy atom. The van der Waals surface area contributed by atoms with Crippen molar-refractivity contribution < 1.29 is 4.42 Å². The second-order valence-electron chi connectivity index (χ2n) is 3.81. The van der Waals surface area contributed by atoms with E-state index >= 15 is 0 Å². The molecule has 14 heavy (non-hydrogen) atoms. The Kier molecular flexibility index (Phi) is 3.16. The van der Waals surface area contributed by atoms with E-state index in [0.717, 1.165) is 37.7 Å². The topological polar surface area (TPSA) is 50.1 Å². The lowest BCUT2D eigenvalue weighted by atomic mass is 10.1. The monoisotopic (exact) mass is 195 g/mol. The summed E-state index contributed by atoms with van der Waals surface area (Å²) >= 11 is 0. The molecule has 1 atom stereocenters. The summed E-state index contributed by atoms with van der Waals surface area (Å²) in [6, 6.07) is 0. The predicted molar refractivity (Wildman–Crippen MR) is 53.9 cm³/mol. The van der Waals surface area contributed by atoms with Crippen molar-refractivity contribution in [1.29, 1.82) is 0 Å². The van der Waals surface area contributed by atoms with Gasteiger partial charge in [-0.2, -0.15) is 0 Å². The molecular formula is C10H17N3O. The van der Waals surface area contributed by atoms with Crippen molar-refractivity contribution >= 4 is 0 Å². The van der Waals surface area contributed by atoms with Crippen LogP contribution in [0, 0.1) is 5.92 Å². The normalized spacial score (nSPS) is 21.6. The van der Waals surface area contributed by atoms with E-state index in [1.807, 2.05) is 13.2 Å². The average Bonchev–Trinajstić information content (AvgIpc) is 2.79. The van der Waals surface area contributed by atoms with Crippen LogP contribution < -0.4 is 10.6 Å². The van der Waals surface area contributed by atoms with Crippen molar-refractivity contribution in [2.24, 2.45) is 5.92 Å². The van der Waals surface area contributed by atoms with E-state index in [1.54, 1.807) is 0 Å². The Morgan fingerprint density at radius 1 is 1.71 bits per heavy atom. The van der Waals surface area contributed by atoms with E-state index < -0.39 is 0 Å². The number of nitrogens with one attached hydrogen (secondary N) is 2. The van der Waals surface area contributed by atoms with Gasteiger partial charge in [-0.25, -0.2) is 4.98 Å². The first-order valence-electron chi connectivity index (χ1n) is 5.17. The van der Waals surface area contributed by atoms with E-state index in [-0.39, 0.29) is 0 Å². The summed E-state index contributed by atoms with van der Waals surface area (Å²) in [5.74, 6) is 2.51. The molecule has 1 fully saturated rings. The molecular weight excluding hydrogens is 178 g/mol. The summed E-state index contributed by atoms with van der Waals surface area (Å²) in [5, 5.41) is 6.39. The first-order chi connectivity index (χ1) is 6.88. The summed E-state index contributed by atoms with van der Waals surface area (Å²) in [4.78, 5) is 4.26. The molecule has 1 aromatic rings. The number of oxazole rings is 1. The number of rotatable bonds is 4. The van der Waals surface area contributed by atoms with Crippen molar-refractivity contribution in [2.45, 2.75) is 19.4 Å². The lowest BCUT2D eigenvalue weighted by Crippen LogP contribution is -2.10. The fourth-order valence-electron chi connectivity index (χ4n) is 1.83. The van der Waals surface area contributed by atoms with Gasteiger partial charge in [0.25, 0.3) is 0 Å². The van der Waals surface area contributed by atoms with Crippen LogP contribution in [0.4, 0.5) is 0 Å². The van der Waals surface area contributed by atoms with Gasteiger partial charge in [0, 0.05) is 6.42 Å². The second-order valence-corrected chi connectivity index (χ2v) is 3.81. The molecule has 1 aliphatic rings. The van der Waals surface area contributed by atoms with Crippen LogP contribution in [0.2, 0.25) is 0 Å². The van der Waals surface area contributed by atoms with Gasteiger partial charge in [-0.3, -0.25) is 0 Å². The Morgan fingerprint density at radius 2 is 2.64 bits per heavy atom. The van der Waals surface area contributed by atoms with Crippen molar-refractivity contribution in [1.82, 2.24) is 15.6 Å². The molecule has 2 heterocycles. The molecule has 1 aromatic heterocycles. The molecule has 0 aromatic carbocycles. The third-order valence-corrected chi connectivity index (χ3v) is 2.58. The van der Waals surface area contributed by atoms with Crippen LogP contribution in [0.5, 0.6) is 0 Å². The average molecular weight is 195 g/mol. The van der Waals surface area contributed by atoms with Crippen LogP contribution in [0.1, 0.15) is 18.1 Å². The summed E-state index contributed by atoms with van der Waals surface area (Å²) in [7, 11) is 1.91. The quantitative estimate of drug-likeness (QED) is 0.736. The highest BCUT2D eigenvalue weighted by Crippen LogP contribution is 2.15. The van der Waals surface area contributed by atoms with E-state index in [4.69, 9.17) is 4.42 Å². The lowest BCUT2D eigenvalue weighted by Gasteiger charge is -2.03. The van der Waals surface area contributed by atoms with Crippen LogP contribution in [-0.4, -0.2) is 25.1 Å². The zero-order chi connectivity index (χ0) is 9.80. The van der Waals surface area contributed by atoms with E-state index in [0.29, 0.717) is 5.92 Å². The molecule has 4 heteroatoms. The van der Waals surface area contributed by atoms with Gasteiger partial charge in [0.2, 0.25) is 0 Å². The van der Waals surface area contributed by atoms with Gasteiger partial charge >= 0.3 is 0 Å². The molecule has 2 N–H and O–H groups in total. The maximum absolute atomic E-state index is 5.58. The third kappa shape index (κ3) is 2.33. The van der Waals surface area contributed by atoms with Gasteiger partial charge in [0.15, 0.2) is 5.89 Å². The lowest BCUT2D eigenvalue weighted by molar-refractivity contribution is 0.412. The zero-order valence-electron chi connectivity index (χ0n) is 8.55. The third-order valence-electron chi connectivity index (χ3n) is 2.58. The van der Waals surface area contributed by atoms with Gasteiger partial charge in [-0.1, -0.05) is 0 Å². The number of nitrogens with zero attached hydrogens (tertiary/aromatic N) is 1. The standard InChI is InChI=1S/C10H17N3O/c1-11-6-9-7-13-10(14-9)4-8-2-3-12-5-8/h7-8,11-12H,2-6H2,1H3. The highest BCUT2D eigenvalue weighted by molar-refractivity contribution is 4.95. The van der Waals surface area contributed by atoms with Crippen LogP contribution >= 0.6 is 0 Å². The molecule has 4 nitrogen and oxygen atoms in total. The van der Waals surface area contributed by atoms with E-state index in [1.165, 1.54) is 6.42 Å². The largest absolute Gasteiger partial charge is 0.444 e. The minimum atomic E-state index is 0.705. The fraction of sp³-hybridized carbons (Fsp3) is 0.700. The maximum Gasteiger partial charge on any atom is 0.194 e. The summed E-state index contributed by atoms with van der Waals surface area (Å²) in [6.07, 6.45) is 4.02. The highest BCUT2D eigenvalue weighted by Gasteiger charge is 2.17. The smallest absolute Gasteiger partial charge is 0.194 e. The molecule has 0 radical (unpaired) electrons. The number of hydrogen-bond acceptors (Lipinski definition) is 4. The van der Waals surface area contributed by atoms with Crippen molar-refractivity contribution in [2.75, 3.05) is 20.1 Å². The summed E-state index contributed by atoms with van der Waals surface area (Å²) < 4.78 is 5.58. The Hall–Kier alpha value is -0.870. The first-order valence-corrected chi connectivity index (χ1v) is 5.17. The molecule has 0 saturated carbocycles. The van der Waals surface area contributed by atoms with Gasteiger partial charge in [-0.05, 0) is 32.5 Å². The van der Waals surface area contributed by atoms with Crippen LogP contribution in [0.25, 0.3) is 0 Å². The SMILES string of the molecule is CNCc1cnc(CC2CCNC2)o1. The van der Waals surface area contributed by atoms with Crippen LogP contribution in [-0.2, 0) is 13.0 Å². The molecule has 78 valence electrons. The van der Waals surface area contributed by atoms with Crippen molar-refractivity contribution in [3.05, 3.63) is 17.8 Å². The minimum Gasteiger partial charge on any atom is -0.444 e. The van der Waals surface area contributed by atoms with Crippen molar-refractivity contribution in [3.63, 3.8) is 0 Å². The van der Waals surface area contributed by atoms with Crippen LogP contribution in [0.3, 0.4) is 0 Å². The molecule has 0 aliphatic carbocycles. The number of hydrogen-bond donors (Lipinski definition) is 2. The Bertz CT molecular complexity index is 279. The highest BCUT2D eigenvalue weighted by atomic mass is 16.4. The van der Waals surface area contributed by atoms with Gasteiger partial charge in [0.1, 0.15) is 5.76 Å². The number of aromatic nitrogens is 1.